The van der Waals surface area contributed by atoms with Crippen LogP contribution in [-0.4, -0.2) is 30.1 Å². The lowest BCUT2D eigenvalue weighted by Crippen LogP contribution is -2.23. The molecule has 0 fully saturated rings. The zero-order valence-corrected chi connectivity index (χ0v) is 11.7. The first-order valence-electron chi connectivity index (χ1n) is 6.29. The van der Waals surface area contributed by atoms with Crippen molar-refractivity contribution in [3.63, 3.8) is 0 Å². The number of nitrogens with zero attached hydrogens (tertiary/aromatic N) is 1. The van der Waals surface area contributed by atoms with Crippen LogP contribution in [0, 0.1) is 0 Å². The summed E-state index contributed by atoms with van der Waals surface area (Å²) in [7, 11) is -3.53. The highest BCUT2D eigenvalue weighted by Gasteiger charge is 2.13. The third-order valence-corrected chi connectivity index (χ3v) is 4.26. The number of sulfonamides is 1. The Balaban J connectivity index is 2.01. The third kappa shape index (κ3) is 3.89. The first-order valence-corrected chi connectivity index (χ1v) is 7.78. The fraction of sp³-hybridized carbons (Fsp3) is 0.308. The normalized spacial score (nSPS) is 11.7. The van der Waals surface area contributed by atoms with Crippen molar-refractivity contribution in [2.75, 3.05) is 6.61 Å². The van der Waals surface area contributed by atoms with Crippen LogP contribution in [-0.2, 0) is 23.0 Å². The van der Waals surface area contributed by atoms with Crippen molar-refractivity contribution in [1.29, 1.82) is 0 Å². The Hall–Kier alpha value is -1.70. The van der Waals surface area contributed by atoms with Crippen LogP contribution in [0.3, 0.4) is 0 Å². The van der Waals surface area contributed by atoms with Crippen molar-refractivity contribution in [2.24, 2.45) is 0 Å². The molecule has 108 valence electrons. The number of aryl methyl sites for hydroxylation is 1. The fourth-order valence-corrected chi connectivity index (χ4v) is 2.75. The highest BCUT2D eigenvalue weighted by molar-refractivity contribution is 7.89. The van der Waals surface area contributed by atoms with E-state index >= 15 is 0 Å². The molecule has 3 N–H and O–H groups in total. The van der Waals surface area contributed by atoms with Crippen molar-refractivity contribution < 1.29 is 13.5 Å². The Morgan fingerprint density at radius 2 is 2.00 bits per heavy atom. The summed E-state index contributed by atoms with van der Waals surface area (Å²) in [5.74, 6) is 0.563. The standard InChI is InChI=1S/C13H17N3O3S/c17-9-1-2-11-3-5-12(6-4-11)20(18,19)16-10-13-14-7-8-15-13/h3-8,16-17H,1-2,9-10H2,(H,14,15). The number of benzene rings is 1. The van der Waals surface area contributed by atoms with Crippen molar-refractivity contribution >= 4 is 10.0 Å². The van der Waals surface area contributed by atoms with E-state index in [4.69, 9.17) is 5.11 Å². The van der Waals surface area contributed by atoms with Gasteiger partial charge in [0, 0.05) is 19.0 Å². The largest absolute Gasteiger partial charge is 0.396 e. The number of imidazole rings is 1. The van der Waals surface area contributed by atoms with Crippen LogP contribution in [0.5, 0.6) is 0 Å². The zero-order valence-electron chi connectivity index (χ0n) is 10.9. The Morgan fingerprint density at radius 1 is 1.25 bits per heavy atom. The van der Waals surface area contributed by atoms with Gasteiger partial charge in [-0.2, -0.15) is 0 Å². The van der Waals surface area contributed by atoms with Crippen LogP contribution >= 0.6 is 0 Å². The first kappa shape index (κ1) is 14.7. The molecule has 0 atom stereocenters. The van der Waals surface area contributed by atoms with Crippen LogP contribution in [0.25, 0.3) is 0 Å². The zero-order chi connectivity index (χ0) is 14.4. The van der Waals surface area contributed by atoms with Gasteiger partial charge in [-0.25, -0.2) is 18.1 Å². The topological polar surface area (TPSA) is 95.1 Å². The molecule has 0 saturated carbocycles. The molecular weight excluding hydrogens is 278 g/mol. The van der Waals surface area contributed by atoms with Gasteiger partial charge in [-0.3, -0.25) is 0 Å². The Morgan fingerprint density at radius 3 is 2.60 bits per heavy atom. The minimum atomic E-state index is -3.53. The Bertz CT molecular complexity index is 621. The van der Waals surface area contributed by atoms with E-state index in [2.05, 4.69) is 14.7 Å². The van der Waals surface area contributed by atoms with Gasteiger partial charge in [-0.1, -0.05) is 12.1 Å². The average Bonchev–Trinajstić information content (AvgIpc) is 2.97. The molecule has 0 spiro atoms. The summed E-state index contributed by atoms with van der Waals surface area (Å²) in [6.07, 6.45) is 4.61. The predicted octanol–water partition coefficient (Wildman–Crippen LogP) is 0.813. The van der Waals surface area contributed by atoms with E-state index < -0.39 is 10.0 Å². The summed E-state index contributed by atoms with van der Waals surface area (Å²) in [4.78, 5) is 7.01. The van der Waals surface area contributed by atoms with Gasteiger partial charge in [0.2, 0.25) is 10.0 Å². The Kier molecular flexibility index (Phi) is 4.89. The summed E-state index contributed by atoms with van der Waals surface area (Å²) in [5.41, 5.74) is 1.00. The second-order valence-electron chi connectivity index (χ2n) is 4.33. The van der Waals surface area contributed by atoms with E-state index in [1.807, 2.05) is 0 Å². The summed E-state index contributed by atoms with van der Waals surface area (Å²) in [6.45, 7) is 0.256. The summed E-state index contributed by atoms with van der Waals surface area (Å²) >= 11 is 0. The average molecular weight is 295 g/mol. The van der Waals surface area contributed by atoms with Gasteiger partial charge in [-0.15, -0.1) is 0 Å². The van der Waals surface area contributed by atoms with E-state index in [-0.39, 0.29) is 18.0 Å². The lowest BCUT2D eigenvalue weighted by atomic mass is 10.1. The monoisotopic (exact) mass is 295 g/mol. The van der Waals surface area contributed by atoms with E-state index in [1.165, 1.54) is 0 Å². The summed E-state index contributed by atoms with van der Waals surface area (Å²) in [5, 5.41) is 8.76. The highest BCUT2D eigenvalue weighted by Crippen LogP contribution is 2.12. The lowest BCUT2D eigenvalue weighted by Gasteiger charge is -2.06. The number of rotatable bonds is 7. The number of H-pyrrole nitrogens is 1. The number of aromatic amines is 1. The molecule has 2 aromatic rings. The predicted molar refractivity (Wildman–Crippen MR) is 74.5 cm³/mol. The number of hydrogen-bond donors (Lipinski definition) is 3. The molecule has 0 bridgehead atoms. The maximum absolute atomic E-state index is 12.1. The molecule has 0 unspecified atom stereocenters. The van der Waals surface area contributed by atoms with E-state index in [0.29, 0.717) is 12.2 Å². The second kappa shape index (κ2) is 6.65. The summed E-state index contributed by atoms with van der Waals surface area (Å²) < 4.78 is 26.6. The van der Waals surface area contributed by atoms with Gasteiger partial charge in [0.25, 0.3) is 0 Å². The van der Waals surface area contributed by atoms with Gasteiger partial charge in [-0.05, 0) is 30.5 Å². The second-order valence-corrected chi connectivity index (χ2v) is 6.10. The van der Waals surface area contributed by atoms with Crippen LogP contribution in [0.1, 0.15) is 17.8 Å². The molecule has 20 heavy (non-hydrogen) atoms. The molecule has 0 amide bonds. The van der Waals surface area contributed by atoms with Gasteiger partial charge in [0.05, 0.1) is 11.4 Å². The summed E-state index contributed by atoms with van der Waals surface area (Å²) in [6, 6.07) is 6.66. The van der Waals surface area contributed by atoms with Crippen LogP contribution in [0.4, 0.5) is 0 Å². The van der Waals surface area contributed by atoms with E-state index in [1.54, 1.807) is 36.7 Å². The van der Waals surface area contributed by atoms with Gasteiger partial charge < -0.3 is 10.1 Å². The maximum Gasteiger partial charge on any atom is 0.240 e. The SMILES string of the molecule is O=S(=O)(NCc1ncc[nH]1)c1ccc(CCCO)cc1. The van der Waals surface area contributed by atoms with Crippen LogP contribution in [0.2, 0.25) is 0 Å². The molecule has 1 heterocycles. The number of aliphatic hydroxyl groups is 1. The smallest absolute Gasteiger partial charge is 0.240 e. The minimum Gasteiger partial charge on any atom is -0.396 e. The highest BCUT2D eigenvalue weighted by atomic mass is 32.2. The molecule has 0 radical (unpaired) electrons. The molecule has 0 aliphatic carbocycles. The molecular formula is C13H17N3O3S. The number of aliphatic hydroxyl groups excluding tert-OH is 1. The van der Waals surface area contributed by atoms with E-state index in [0.717, 1.165) is 12.0 Å². The third-order valence-electron chi connectivity index (χ3n) is 2.84. The number of nitrogens with one attached hydrogen (secondary N) is 2. The fourth-order valence-electron chi connectivity index (χ4n) is 1.76. The van der Waals surface area contributed by atoms with E-state index in [9.17, 15) is 8.42 Å². The Labute approximate surface area is 117 Å². The quantitative estimate of drug-likeness (QED) is 0.704. The van der Waals surface area contributed by atoms with Gasteiger partial charge >= 0.3 is 0 Å². The maximum atomic E-state index is 12.1. The molecule has 6 nitrogen and oxygen atoms in total. The molecule has 1 aromatic carbocycles. The molecule has 0 aliphatic rings. The van der Waals surface area contributed by atoms with Crippen LogP contribution in [0.15, 0.2) is 41.6 Å². The molecule has 7 heteroatoms. The minimum absolute atomic E-state index is 0.127. The molecule has 0 saturated heterocycles. The molecule has 1 aromatic heterocycles. The van der Waals surface area contributed by atoms with Gasteiger partial charge in [0.1, 0.15) is 5.82 Å². The number of aromatic nitrogens is 2. The van der Waals surface area contributed by atoms with Crippen molar-refractivity contribution in [2.45, 2.75) is 24.3 Å². The first-order chi connectivity index (χ1) is 9.62. The van der Waals surface area contributed by atoms with Crippen molar-refractivity contribution in [3.8, 4) is 0 Å². The van der Waals surface area contributed by atoms with Crippen LogP contribution < -0.4 is 4.72 Å². The number of hydrogen-bond acceptors (Lipinski definition) is 4. The lowest BCUT2D eigenvalue weighted by molar-refractivity contribution is 0.288. The van der Waals surface area contributed by atoms with Crippen molar-refractivity contribution in [3.05, 3.63) is 48.0 Å². The van der Waals surface area contributed by atoms with Gasteiger partial charge in [0.15, 0.2) is 0 Å². The molecule has 2 rings (SSSR count). The molecule has 0 aliphatic heterocycles. The van der Waals surface area contributed by atoms with Crippen molar-refractivity contribution in [1.82, 2.24) is 14.7 Å².